The van der Waals surface area contributed by atoms with Crippen LogP contribution < -0.4 is 0 Å². The number of hydrogen-bond donors (Lipinski definition) is 2. The van der Waals surface area contributed by atoms with Crippen LogP contribution in [0.1, 0.15) is 22.3 Å². The molecule has 4 heteroatoms. The van der Waals surface area contributed by atoms with Gasteiger partial charge in [-0.2, -0.15) is 0 Å². The molecule has 2 aromatic carbocycles. The van der Waals surface area contributed by atoms with Gasteiger partial charge in [0.2, 0.25) is 0 Å². The first-order valence-electron chi connectivity index (χ1n) is 6.23. The fourth-order valence-electron chi connectivity index (χ4n) is 2.13. The minimum absolute atomic E-state index is 0.0542. The van der Waals surface area contributed by atoms with Crippen molar-refractivity contribution in [3.8, 4) is 22.6 Å². The number of rotatable bonds is 1. The van der Waals surface area contributed by atoms with Crippen molar-refractivity contribution in [2.75, 3.05) is 0 Å². The summed E-state index contributed by atoms with van der Waals surface area (Å²) in [7, 11) is 0. The average molecular weight is 278 g/mol. The van der Waals surface area contributed by atoms with E-state index >= 15 is 0 Å². The Morgan fingerprint density at radius 3 is 1.25 bits per heavy atom. The fraction of sp³-hybridized carbons (Fsp3) is 0.250. The zero-order valence-electron chi connectivity index (χ0n) is 11.8. The Bertz CT molecular complexity index is 645. The monoisotopic (exact) mass is 278 g/mol. The van der Waals surface area contributed by atoms with Gasteiger partial charge in [0.25, 0.3) is 0 Å². The smallest absolute Gasteiger partial charge is 0.134 e. The molecule has 0 amide bonds. The molecule has 0 aliphatic carbocycles. The molecule has 106 valence electrons. The first-order valence-corrected chi connectivity index (χ1v) is 6.23. The van der Waals surface area contributed by atoms with Crippen LogP contribution in [0.25, 0.3) is 11.1 Å². The van der Waals surface area contributed by atoms with Gasteiger partial charge in [-0.15, -0.1) is 0 Å². The van der Waals surface area contributed by atoms with E-state index in [9.17, 15) is 19.0 Å². The van der Waals surface area contributed by atoms with Crippen molar-refractivity contribution in [2.24, 2.45) is 0 Å². The molecule has 2 aromatic rings. The number of benzene rings is 2. The van der Waals surface area contributed by atoms with Crippen LogP contribution in [0.2, 0.25) is 0 Å². The SMILES string of the molecule is Cc1c(O)cc(-c2cc(O)c(C)c(C)c2F)c(F)c1C. The summed E-state index contributed by atoms with van der Waals surface area (Å²) in [5.74, 6) is -1.39. The molecule has 0 aromatic heterocycles. The van der Waals surface area contributed by atoms with E-state index < -0.39 is 11.6 Å². The van der Waals surface area contributed by atoms with Crippen LogP contribution in [-0.4, -0.2) is 10.2 Å². The highest BCUT2D eigenvalue weighted by molar-refractivity contribution is 5.72. The zero-order valence-corrected chi connectivity index (χ0v) is 11.8. The Hall–Kier alpha value is -2.10. The summed E-state index contributed by atoms with van der Waals surface area (Å²) >= 11 is 0. The van der Waals surface area contributed by atoms with E-state index in [2.05, 4.69) is 0 Å². The molecule has 20 heavy (non-hydrogen) atoms. The van der Waals surface area contributed by atoms with Crippen molar-refractivity contribution in [2.45, 2.75) is 27.7 Å². The second kappa shape index (κ2) is 4.78. The molecule has 0 fully saturated rings. The number of aromatic hydroxyl groups is 2. The van der Waals surface area contributed by atoms with Gasteiger partial charge in [0.15, 0.2) is 0 Å². The molecular formula is C16H16F2O2. The Kier molecular flexibility index (Phi) is 3.42. The van der Waals surface area contributed by atoms with E-state index in [4.69, 9.17) is 0 Å². The molecule has 0 radical (unpaired) electrons. The third-order valence-corrected chi connectivity index (χ3v) is 3.88. The third-order valence-electron chi connectivity index (χ3n) is 3.88. The van der Waals surface area contributed by atoms with Gasteiger partial charge in [-0.1, -0.05) is 0 Å². The standard InChI is InChI=1S/C16H16F2O2/c1-7-9(3)15(17)11(5-13(7)19)12-6-14(20)8(2)10(4)16(12)18/h5-6,19-20H,1-4H3. The van der Waals surface area contributed by atoms with Crippen molar-refractivity contribution in [1.82, 2.24) is 0 Å². The third kappa shape index (κ3) is 2.01. The largest absolute Gasteiger partial charge is 0.508 e. The van der Waals surface area contributed by atoms with Crippen molar-refractivity contribution < 1.29 is 19.0 Å². The summed E-state index contributed by atoms with van der Waals surface area (Å²) in [5, 5.41) is 19.6. The van der Waals surface area contributed by atoms with Crippen molar-refractivity contribution in [3.63, 3.8) is 0 Å². The van der Waals surface area contributed by atoms with Crippen LogP contribution in [0.5, 0.6) is 11.5 Å². The second-order valence-corrected chi connectivity index (χ2v) is 5.01. The lowest BCUT2D eigenvalue weighted by Crippen LogP contribution is -1.98. The fourth-order valence-corrected chi connectivity index (χ4v) is 2.13. The molecule has 0 saturated carbocycles. The molecule has 0 heterocycles. The van der Waals surface area contributed by atoms with Crippen molar-refractivity contribution in [1.29, 1.82) is 0 Å². The lowest BCUT2D eigenvalue weighted by atomic mass is 9.95. The molecule has 0 bridgehead atoms. The molecule has 0 atom stereocenters. The minimum atomic E-state index is -0.596. The molecule has 0 aliphatic rings. The van der Waals surface area contributed by atoms with Gasteiger partial charge in [0.05, 0.1) is 0 Å². The molecule has 0 saturated heterocycles. The van der Waals surface area contributed by atoms with Crippen LogP contribution in [0.3, 0.4) is 0 Å². The van der Waals surface area contributed by atoms with Crippen LogP contribution in [0.4, 0.5) is 8.78 Å². The quantitative estimate of drug-likeness (QED) is 0.817. The number of halogens is 2. The van der Waals surface area contributed by atoms with Crippen molar-refractivity contribution in [3.05, 3.63) is 46.0 Å². The summed E-state index contributed by atoms with van der Waals surface area (Å²) in [4.78, 5) is 0. The van der Waals surface area contributed by atoms with Crippen molar-refractivity contribution >= 4 is 0 Å². The van der Waals surface area contributed by atoms with Crippen LogP contribution in [-0.2, 0) is 0 Å². The Balaban J connectivity index is 2.83. The highest BCUT2D eigenvalue weighted by Crippen LogP contribution is 2.37. The molecular weight excluding hydrogens is 262 g/mol. The molecule has 0 spiro atoms. The maximum atomic E-state index is 14.3. The number of phenols is 2. The van der Waals surface area contributed by atoms with Gasteiger partial charge in [-0.3, -0.25) is 0 Å². The topological polar surface area (TPSA) is 40.5 Å². The highest BCUT2D eigenvalue weighted by atomic mass is 19.1. The van der Waals surface area contributed by atoms with Crippen LogP contribution in [0, 0.1) is 39.3 Å². The number of phenolic OH excluding ortho intramolecular Hbond substituents is 2. The van der Waals surface area contributed by atoms with Crippen LogP contribution >= 0.6 is 0 Å². The molecule has 0 unspecified atom stereocenters. The lowest BCUT2D eigenvalue weighted by Gasteiger charge is -2.14. The second-order valence-electron chi connectivity index (χ2n) is 5.01. The molecule has 2 nitrogen and oxygen atoms in total. The van der Waals surface area contributed by atoms with E-state index in [1.54, 1.807) is 13.8 Å². The normalized spacial score (nSPS) is 10.9. The molecule has 2 N–H and O–H groups in total. The maximum absolute atomic E-state index is 14.3. The predicted octanol–water partition coefficient (Wildman–Crippen LogP) is 4.28. The summed E-state index contributed by atoms with van der Waals surface area (Å²) < 4.78 is 28.6. The van der Waals surface area contributed by atoms with E-state index in [1.807, 2.05) is 0 Å². The predicted molar refractivity (Wildman–Crippen MR) is 74.1 cm³/mol. The zero-order chi connectivity index (χ0) is 15.2. The summed E-state index contributed by atoms with van der Waals surface area (Å²) in [6.45, 7) is 6.22. The van der Waals surface area contributed by atoms with E-state index in [0.29, 0.717) is 11.1 Å². The Morgan fingerprint density at radius 1 is 0.650 bits per heavy atom. The van der Waals surface area contributed by atoms with Gasteiger partial charge < -0.3 is 10.2 Å². The lowest BCUT2D eigenvalue weighted by molar-refractivity contribution is 0.465. The minimum Gasteiger partial charge on any atom is -0.508 e. The first-order chi connectivity index (χ1) is 9.25. The summed E-state index contributed by atoms with van der Waals surface area (Å²) in [5.41, 5.74) is 1.25. The summed E-state index contributed by atoms with van der Waals surface area (Å²) in [6, 6.07) is 2.37. The van der Waals surface area contributed by atoms with E-state index in [0.717, 1.165) is 0 Å². The molecule has 2 rings (SSSR count). The van der Waals surface area contributed by atoms with Gasteiger partial charge >= 0.3 is 0 Å². The molecule has 0 aliphatic heterocycles. The first kappa shape index (κ1) is 14.3. The van der Waals surface area contributed by atoms with E-state index in [1.165, 1.54) is 26.0 Å². The number of hydrogen-bond acceptors (Lipinski definition) is 2. The average Bonchev–Trinajstić information content (AvgIpc) is 2.42. The van der Waals surface area contributed by atoms with Gasteiger partial charge in [-0.25, -0.2) is 8.78 Å². The van der Waals surface area contributed by atoms with Crippen LogP contribution in [0.15, 0.2) is 12.1 Å². The Morgan fingerprint density at radius 2 is 0.950 bits per heavy atom. The van der Waals surface area contributed by atoms with Gasteiger partial charge in [0, 0.05) is 11.1 Å². The summed E-state index contributed by atoms with van der Waals surface area (Å²) in [6.07, 6.45) is 0. The van der Waals surface area contributed by atoms with Gasteiger partial charge in [0.1, 0.15) is 23.1 Å². The van der Waals surface area contributed by atoms with Gasteiger partial charge in [-0.05, 0) is 62.1 Å². The van der Waals surface area contributed by atoms with E-state index in [-0.39, 0.29) is 33.8 Å². The highest BCUT2D eigenvalue weighted by Gasteiger charge is 2.19. The Labute approximate surface area is 116 Å². The maximum Gasteiger partial charge on any atom is 0.134 e.